The molecular weight excluding hydrogens is 190 g/mol. The van der Waals surface area contributed by atoms with Crippen LogP contribution in [0.1, 0.15) is 38.5 Å². The Labute approximate surface area is 91.0 Å². The molecule has 1 amide bonds. The number of carbonyl (C=O) groups is 1. The predicted molar refractivity (Wildman–Crippen MR) is 59.4 cm³/mol. The minimum Gasteiger partial charge on any atom is -0.353 e. The van der Waals surface area contributed by atoms with E-state index in [-0.39, 0.29) is 5.91 Å². The van der Waals surface area contributed by atoms with E-state index in [0.717, 1.165) is 38.6 Å². The first-order valence-corrected chi connectivity index (χ1v) is 6.02. The van der Waals surface area contributed by atoms with Crippen LogP contribution in [-0.4, -0.2) is 30.6 Å². The van der Waals surface area contributed by atoms with Crippen molar-refractivity contribution < 1.29 is 4.79 Å². The molecular formula is C11H21N3O. The standard InChI is InChI=1S/C11H21N3O/c12-8-1-2-10(7-8)13-6-5-11(15)14-9-3-4-9/h8-10,13H,1-7,12H2,(H,14,15). The Kier molecular flexibility index (Phi) is 3.59. The molecule has 4 heteroatoms. The molecule has 2 aliphatic carbocycles. The first-order chi connectivity index (χ1) is 7.24. The van der Waals surface area contributed by atoms with Crippen LogP contribution < -0.4 is 16.4 Å². The molecule has 2 saturated carbocycles. The average molecular weight is 211 g/mol. The Hall–Kier alpha value is -0.610. The lowest BCUT2D eigenvalue weighted by molar-refractivity contribution is -0.121. The number of hydrogen-bond acceptors (Lipinski definition) is 3. The number of rotatable bonds is 5. The van der Waals surface area contributed by atoms with Crippen molar-refractivity contribution in [2.75, 3.05) is 6.54 Å². The molecule has 4 nitrogen and oxygen atoms in total. The van der Waals surface area contributed by atoms with Crippen molar-refractivity contribution in [1.82, 2.24) is 10.6 Å². The highest BCUT2D eigenvalue weighted by Gasteiger charge is 2.23. The summed E-state index contributed by atoms with van der Waals surface area (Å²) in [5.74, 6) is 0.187. The smallest absolute Gasteiger partial charge is 0.221 e. The van der Waals surface area contributed by atoms with E-state index in [1.54, 1.807) is 0 Å². The maximum atomic E-state index is 11.4. The van der Waals surface area contributed by atoms with E-state index in [1.807, 2.05) is 0 Å². The largest absolute Gasteiger partial charge is 0.353 e. The Morgan fingerprint density at radius 1 is 1.20 bits per heavy atom. The highest BCUT2D eigenvalue weighted by atomic mass is 16.1. The Morgan fingerprint density at radius 2 is 1.93 bits per heavy atom. The number of hydrogen-bond donors (Lipinski definition) is 3. The number of amides is 1. The maximum Gasteiger partial charge on any atom is 0.221 e. The quantitative estimate of drug-likeness (QED) is 0.605. The van der Waals surface area contributed by atoms with Crippen LogP contribution in [0.4, 0.5) is 0 Å². The second-order valence-corrected chi connectivity index (χ2v) is 4.82. The van der Waals surface area contributed by atoms with E-state index in [2.05, 4.69) is 10.6 Å². The highest BCUT2D eigenvalue weighted by Crippen LogP contribution is 2.19. The number of carbonyl (C=O) groups excluding carboxylic acids is 1. The molecule has 2 fully saturated rings. The van der Waals surface area contributed by atoms with Gasteiger partial charge in [-0.1, -0.05) is 0 Å². The molecule has 0 heterocycles. The lowest BCUT2D eigenvalue weighted by Gasteiger charge is -2.11. The summed E-state index contributed by atoms with van der Waals surface area (Å²) in [7, 11) is 0. The van der Waals surface area contributed by atoms with Crippen LogP contribution >= 0.6 is 0 Å². The van der Waals surface area contributed by atoms with Gasteiger partial charge in [-0.25, -0.2) is 0 Å². The monoisotopic (exact) mass is 211 g/mol. The maximum absolute atomic E-state index is 11.4. The van der Waals surface area contributed by atoms with Gasteiger partial charge in [0, 0.05) is 31.1 Å². The Morgan fingerprint density at radius 3 is 2.53 bits per heavy atom. The Balaban J connectivity index is 1.52. The summed E-state index contributed by atoms with van der Waals surface area (Å²) < 4.78 is 0. The van der Waals surface area contributed by atoms with E-state index in [1.165, 1.54) is 0 Å². The van der Waals surface area contributed by atoms with Gasteiger partial charge in [-0.3, -0.25) is 4.79 Å². The zero-order chi connectivity index (χ0) is 10.7. The predicted octanol–water partition coefficient (Wildman–Crippen LogP) is 0.124. The summed E-state index contributed by atoms with van der Waals surface area (Å²) in [6, 6.07) is 1.38. The van der Waals surface area contributed by atoms with Gasteiger partial charge in [0.2, 0.25) is 5.91 Å². The average Bonchev–Trinajstić information content (AvgIpc) is 2.89. The molecule has 2 unspecified atom stereocenters. The molecule has 4 N–H and O–H groups in total. The third-order valence-electron chi connectivity index (χ3n) is 3.20. The lowest BCUT2D eigenvalue weighted by Crippen LogP contribution is -2.33. The molecule has 0 aromatic carbocycles. The summed E-state index contributed by atoms with van der Waals surface area (Å²) in [6.45, 7) is 0.788. The third kappa shape index (κ3) is 3.80. The summed E-state index contributed by atoms with van der Waals surface area (Å²) in [6.07, 6.45) is 6.26. The fourth-order valence-electron chi connectivity index (χ4n) is 2.12. The van der Waals surface area contributed by atoms with Gasteiger partial charge >= 0.3 is 0 Å². The summed E-state index contributed by atoms with van der Waals surface area (Å²) in [5, 5.41) is 6.38. The summed E-state index contributed by atoms with van der Waals surface area (Å²) in [4.78, 5) is 11.4. The van der Waals surface area contributed by atoms with Gasteiger partial charge in [-0.15, -0.1) is 0 Å². The molecule has 86 valence electrons. The summed E-state index contributed by atoms with van der Waals surface area (Å²) in [5.41, 5.74) is 5.81. The second-order valence-electron chi connectivity index (χ2n) is 4.82. The van der Waals surface area contributed by atoms with Crippen LogP contribution in [-0.2, 0) is 4.79 Å². The van der Waals surface area contributed by atoms with Crippen LogP contribution in [0.15, 0.2) is 0 Å². The van der Waals surface area contributed by atoms with Gasteiger partial charge in [0.1, 0.15) is 0 Å². The molecule has 15 heavy (non-hydrogen) atoms. The SMILES string of the molecule is NC1CCC(NCCC(=O)NC2CC2)C1. The molecule has 2 rings (SSSR count). The molecule has 0 aromatic heterocycles. The normalized spacial score (nSPS) is 30.5. The first kappa shape index (κ1) is 10.9. The second kappa shape index (κ2) is 4.94. The molecule has 0 aromatic rings. The van der Waals surface area contributed by atoms with Gasteiger partial charge in [0.15, 0.2) is 0 Å². The fourth-order valence-corrected chi connectivity index (χ4v) is 2.12. The molecule has 2 atom stereocenters. The van der Waals surface area contributed by atoms with Crippen molar-refractivity contribution in [3.8, 4) is 0 Å². The third-order valence-corrected chi connectivity index (χ3v) is 3.20. The van der Waals surface area contributed by atoms with Crippen molar-refractivity contribution >= 4 is 5.91 Å². The van der Waals surface area contributed by atoms with E-state index in [0.29, 0.717) is 24.5 Å². The Bertz CT molecular complexity index is 228. The molecule has 0 spiro atoms. The van der Waals surface area contributed by atoms with Gasteiger partial charge in [-0.2, -0.15) is 0 Å². The molecule has 0 bridgehead atoms. The van der Waals surface area contributed by atoms with Crippen LogP contribution in [0.2, 0.25) is 0 Å². The fraction of sp³-hybridized carbons (Fsp3) is 0.909. The van der Waals surface area contributed by atoms with Crippen LogP contribution in [0, 0.1) is 0 Å². The minimum atomic E-state index is 0.187. The zero-order valence-corrected chi connectivity index (χ0v) is 9.17. The van der Waals surface area contributed by atoms with Gasteiger partial charge < -0.3 is 16.4 Å². The zero-order valence-electron chi connectivity index (χ0n) is 9.17. The van der Waals surface area contributed by atoms with E-state index in [4.69, 9.17) is 5.73 Å². The van der Waals surface area contributed by atoms with Gasteiger partial charge in [0.25, 0.3) is 0 Å². The van der Waals surface area contributed by atoms with E-state index < -0.39 is 0 Å². The molecule has 0 saturated heterocycles. The van der Waals surface area contributed by atoms with Crippen molar-refractivity contribution in [3.63, 3.8) is 0 Å². The number of nitrogens with two attached hydrogens (primary N) is 1. The number of nitrogens with one attached hydrogen (secondary N) is 2. The highest BCUT2D eigenvalue weighted by molar-refractivity contribution is 5.76. The topological polar surface area (TPSA) is 67.1 Å². The van der Waals surface area contributed by atoms with Gasteiger partial charge in [-0.05, 0) is 32.1 Å². The molecule has 0 aliphatic heterocycles. The van der Waals surface area contributed by atoms with Crippen LogP contribution in [0.5, 0.6) is 0 Å². The van der Waals surface area contributed by atoms with Crippen molar-refractivity contribution in [1.29, 1.82) is 0 Å². The minimum absolute atomic E-state index is 0.187. The molecule has 2 aliphatic rings. The van der Waals surface area contributed by atoms with Crippen LogP contribution in [0.25, 0.3) is 0 Å². The first-order valence-electron chi connectivity index (χ1n) is 6.02. The van der Waals surface area contributed by atoms with Crippen molar-refractivity contribution in [2.24, 2.45) is 5.73 Å². The van der Waals surface area contributed by atoms with Gasteiger partial charge in [0.05, 0.1) is 0 Å². The van der Waals surface area contributed by atoms with E-state index >= 15 is 0 Å². The summed E-state index contributed by atoms with van der Waals surface area (Å²) >= 11 is 0. The molecule has 0 radical (unpaired) electrons. The van der Waals surface area contributed by atoms with E-state index in [9.17, 15) is 4.79 Å². The van der Waals surface area contributed by atoms with Crippen molar-refractivity contribution in [2.45, 2.75) is 56.7 Å². The van der Waals surface area contributed by atoms with Crippen LogP contribution in [0.3, 0.4) is 0 Å². The lowest BCUT2D eigenvalue weighted by atomic mass is 10.2. The van der Waals surface area contributed by atoms with Crippen molar-refractivity contribution in [3.05, 3.63) is 0 Å².